The Balaban J connectivity index is 2.12. The molecule has 3 nitrogen and oxygen atoms in total. The van der Waals surface area contributed by atoms with E-state index in [1.54, 1.807) is 0 Å². The Labute approximate surface area is 146 Å². The lowest BCUT2D eigenvalue weighted by molar-refractivity contribution is 0.173. The van der Waals surface area contributed by atoms with Crippen LogP contribution in [0.25, 0.3) is 0 Å². The van der Waals surface area contributed by atoms with Crippen molar-refractivity contribution in [2.75, 3.05) is 13.3 Å². The van der Waals surface area contributed by atoms with E-state index in [1.807, 2.05) is 12.1 Å². The van der Waals surface area contributed by atoms with Crippen LogP contribution in [0.15, 0.2) is 30.9 Å². The Bertz CT molecular complexity index is 598. The van der Waals surface area contributed by atoms with E-state index in [1.165, 1.54) is 18.4 Å². The van der Waals surface area contributed by atoms with Crippen LogP contribution in [-0.4, -0.2) is 24.3 Å². The van der Waals surface area contributed by atoms with Crippen molar-refractivity contribution in [3.05, 3.63) is 36.4 Å². The van der Waals surface area contributed by atoms with Crippen LogP contribution in [0.5, 0.6) is 11.5 Å². The number of hydrogen-bond acceptors (Lipinski definition) is 3. The summed E-state index contributed by atoms with van der Waals surface area (Å²) in [6, 6.07) is 6.39. The third kappa shape index (κ3) is 5.04. The zero-order valence-corrected chi connectivity index (χ0v) is 15.2. The monoisotopic (exact) mass is 327 g/mol. The zero-order chi connectivity index (χ0) is 17.4. The Morgan fingerprint density at radius 2 is 2.08 bits per heavy atom. The Morgan fingerprint density at radius 1 is 1.29 bits per heavy atom. The minimum Gasteiger partial charge on any atom is -0.454 e. The zero-order valence-electron chi connectivity index (χ0n) is 15.2. The van der Waals surface area contributed by atoms with Gasteiger partial charge >= 0.3 is 0 Å². The SMILES string of the molecule is C=CCN(Cc1ccc2c(c1)OCO2)C(C#CCCCC)C(C)C. The molecule has 0 saturated carbocycles. The van der Waals surface area contributed by atoms with Crippen molar-refractivity contribution >= 4 is 0 Å². The van der Waals surface area contributed by atoms with Gasteiger partial charge in [-0.05, 0) is 30.0 Å². The van der Waals surface area contributed by atoms with Crippen LogP contribution in [0.2, 0.25) is 0 Å². The lowest BCUT2D eigenvalue weighted by atomic mass is 10.0. The summed E-state index contributed by atoms with van der Waals surface area (Å²) in [5.74, 6) is 8.97. The highest BCUT2D eigenvalue weighted by Crippen LogP contribution is 2.33. The van der Waals surface area contributed by atoms with Crippen LogP contribution in [0.1, 0.15) is 45.6 Å². The van der Waals surface area contributed by atoms with Gasteiger partial charge in [0.25, 0.3) is 0 Å². The van der Waals surface area contributed by atoms with Crippen LogP contribution in [0, 0.1) is 17.8 Å². The molecule has 0 bridgehead atoms. The second-order valence-electron chi connectivity index (χ2n) is 6.52. The van der Waals surface area contributed by atoms with E-state index < -0.39 is 0 Å². The molecule has 0 aliphatic carbocycles. The molecule has 1 aliphatic heterocycles. The largest absolute Gasteiger partial charge is 0.454 e. The quantitative estimate of drug-likeness (QED) is 0.395. The van der Waals surface area contributed by atoms with Gasteiger partial charge in [-0.2, -0.15) is 0 Å². The molecular formula is C21H29NO2. The molecule has 0 radical (unpaired) electrons. The fourth-order valence-corrected chi connectivity index (χ4v) is 2.84. The van der Waals surface area contributed by atoms with Gasteiger partial charge in [-0.3, -0.25) is 4.90 Å². The topological polar surface area (TPSA) is 21.7 Å². The maximum absolute atomic E-state index is 5.49. The molecule has 130 valence electrons. The van der Waals surface area contributed by atoms with E-state index in [4.69, 9.17) is 9.47 Å². The van der Waals surface area contributed by atoms with Gasteiger partial charge in [0.2, 0.25) is 6.79 Å². The van der Waals surface area contributed by atoms with Crippen LogP contribution in [0.3, 0.4) is 0 Å². The maximum atomic E-state index is 5.49. The predicted molar refractivity (Wildman–Crippen MR) is 99.1 cm³/mol. The number of ether oxygens (including phenoxy) is 2. The predicted octanol–water partition coefficient (Wildman–Crippen LogP) is 4.62. The van der Waals surface area contributed by atoms with Crippen molar-refractivity contribution in [1.82, 2.24) is 4.90 Å². The van der Waals surface area contributed by atoms with Gasteiger partial charge < -0.3 is 9.47 Å². The highest BCUT2D eigenvalue weighted by molar-refractivity contribution is 5.44. The number of fused-ring (bicyclic) bond motifs is 1. The Hall–Kier alpha value is -1.92. The molecule has 1 unspecified atom stereocenters. The van der Waals surface area contributed by atoms with Crippen molar-refractivity contribution in [3.63, 3.8) is 0 Å². The Morgan fingerprint density at radius 3 is 2.79 bits per heavy atom. The van der Waals surface area contributed by atoms with E-state index >= 15 is 0 Å². The summed E-state index contributed by atoms with van der Waals surface area (Å²) in [5.41, 5.74) is 1.21. The molecule has 0 fully saturated rings. The molecule has 0 saturated heterocycles. The lowest BCUT2D eigenvalue weighted by Gasteiger charge is -2.30. The molecule has 0 amide bonds. The number of unbranched alkanes of at least 4 members (excludes halogenated alkanes) is 2. The van der Waals surface area contributed by atoms with Crippen LogP contribution >= 0.6 is 0 Å². The summed E-state index contributed by atoms with van der Waals surface area (Å²) in [6.45, 7) is 12.5. The van der Waals surface area contributed by atoms with E-state index in [-0.39, 0.29) is 6.04 Å². The van der Waals surface area contributed by atoms with E-state index in [0.29, 0.717) is 12.7 Å². The molecule has 24 heavy (non-hydrogen) atoms. The van der Waals surface area contributed by atoms with E-state index in [0.717, 1.165) is 31.0 Å². The smallest absolute Gasteiger partial charge is 0.231 e. The first-order valence-electron chi connectivity index (χ1n) is 8.87. The van der Waals surface area contributed by atoms with Gasteiger partial charge in [0.15, 0.2) is 11.5 Å². The number of hydrogen-bond donors (Lipinski definition) is 0. The fourth-order valence-electron chi connectivity index (χ4n) is 2.84. The van der Waals surface area contributed by atoms with Gasteiger partial charge in [0, 0.05) is 19.5 Å². The first-order valence-corrected chi connectivity index (χ1v) is 8.87. The average molecular weight is 327 g/mol. The molecule has 2 rings (SSSR count). The highest BCUT2D eigenvalue weighted by Gasteiger charge is 2.20. The van der Waals surface area contributed by atoms with Crippen molar-refractivity contribution in [2.45, 2.75) is 52.6 Å². The minimum absolute atomic E-state index is 0.227. The first-order chi connectivity index (χ1) is 11.7. The van der Waals surface area contributed by atoms with Crippen molar-refractivity contribution in [1.29, 1.82) is 0 Å². The summed E-state index contributed by atoms with van der Waals surface area (Å²) >= 11 is 0. The summed E-state index contributed by atoms with van der Waals surface area (Å²) in [6.07, 6.45) is 5.29. The first kappa shape index (κ1) is 18.4. The summed E-state index contributed by atoms with van der Waals surface area (Å²) in [4.78, 5) is 2.38. The standard InChI is InChI=1S/C21H29NO2/c1-5-7-8-9-10-19(17(3)4)22(13-6-2)15-18-11-12-20-21(14-18)24-16-23-20/h6,11-12,14,17,19H,2,5,7-8,13,15-16H2,1,3-4H3. The summed E-state index contributed by atoms with van der Waals surface area (Å²) < 4.78 is 10.9. The van der Waals surface area contributed by atoms with E-state index in [2.05, 4.69) is 56.2 Å². The molecular weight excluding hydrogens is 298 g/mol. The fraction of sp³-hybridized carbons (Fsp3) is 0.524. The van der Waals surface area contributed by atoms with Crippen molar-refractivity contribution in [3.8, 4) is 23.3 Å². The Kier molecular flexibility index (Phi) is 7.21. The van der Waals surface area contributed by atoms with Gasteiger partial charge in [-0.25, -0.2) is 0 Å². The second-order valence-corrected chi connectivity index (χ2v) is 6.52. The molecule has 0 aromatic heterocycles. The molecule has 1 aliphatic rings. The van der Waals surface area contributed by atoms with Crippen LogP contribution < -0.4 is 9.47 Å². The summed E-state index contributed by atoms with van der Waals surface area (Å²) in [5, 5.41) is 0. The minimum atomic E-state index is 0.227. The number of nitrogens with zero attached hydrogens (tertiary/aromatic N) is 1. The lowest BCUT2D eigenvalue weighted by Crippen LogP contribution is -2.37. The second kappa shape index (κ2) is 9.39. The van der Waals surface area contributed by atoms with Gasteiger partial charge in [-0.1, -0.05) is 45.3 Å². The molecule has 0 spiro atoms. The van der Waals surface area contributed by atoms with Crippen molar-refractivity contribution < 1.29 is 9.47 Å². The van der Waals surface area contributed by atoms with Crippen LogP contribution in [0.4, 0.5) is 0 Å². The molecule has 3 heteroatoms. The van der Waals surface area contributed by atoms with Crippen molar-refractivity contribution in [2.24, 2.45) is 5.92 Å². The van der Waals surface area contributed by atoms with Gasteiger partial charge in [0.05, 0.1) is 6.04 Å². The summed E-state index contributed by atoms with van der Waals surface area (Å²) in [7, 11) is 0. The molecule has 1 aromatic carbocycles. The number of rotatable bonds is 8. The van der Waals surface area contributed by atoms with Crippen LogP contribution in [-0.2, 0) is 6.54 Å². The normalized spacial score (nSPS) is 13.7. The molecule has 1 atom stereocenters. The number of benzene rings is 1. The van der Waals surface area contributed by atoms with Gasteiger partial charge in [-0.15, -0.1) is 12.5 Å². The maximum Gasteiger partial charge on any atom is 0.231 e. The van der Waals surface area contributed by atoms with Gasteiger partial charge in [0.1, 0.15) is 0 Å². The molecule has 1 aromatic rings. The van der Waals surface area contributed by atoms with E-state index in [9.17, 15) is 0 Å². The third-order valence-corrected chi connectivity index (χ3v) is 4.12. The molecule has 1 heterocycles. The third-order valence-electron chi connectivity index (χ3n) is 4.12. The average Bonchev–Trinajstić information content (AvgIpc) is 3.02. The molecule has 0 N–H and O–H groups in total. The highest BCUT2D eigenvalue weighted by atomic mass is 16.7.